The Kier molecular flexibility index (Phi) is 9.49. The molecule has 2 aromatic heterocycles. The van der Waals surface area contributed by atoms with Gasteiger partial charge in [0, 0.05) is 33.7 Å². The largest absolute Gasteiger partial charge is 0.256 e. The summed E-state index contributed by atoms with van der Waals surface area (Å²) in [4.78, 5) is 19.8. The van der Waals surface area contributed by atoms with Crippen LogP contribution in [-0.4, -0.2) is 19.9 Å². The van der Waals surface area contributed by atoms with Gasteiger partial charge in [-0.2, -0.15) is 0 Å². The molecule has 0 radical (unpaired) electrons. The quantitative estimate of drug-likeness (QED) is 0.144. The first-order valence-corrected chi connectivity index (χ1v) is 20.9. The third kappa shape index (κ3) is 7.20. The summed E-state index contributed by atoms with van der Waals surface area (Å²) in [6.45, 7) is 0. The molecule has 2 heterocycles. The molecular formula is C58H38N4. The molecule has 0 atom stereocenters. The third-order valence-electron chi connectivity index (χ3n) is 11.6. The van der Waals surface area contributed by atoms with Gasteiger partial charge in [-0.1, -0.05) is 212 Å². The van der Waals surface area contributed by atoms with E-state index in [-0.39, 0.29) is 0 Å². The first-order valence-electron chi connectivity index (χ1n) is 20.9. The molecule has 11 aromatic rings. The number of hydrogen-bond acceptors (Lipinski definition) is 4. The zero-order valence-corrected chi connectivity index (χ0v) is 33.7. The Balaban J connectivity index is 0.889. The Morgan fingerprint density at radius 2 is 0.645 bits per heavy atom. The predicted molar refractivity (Wildman–Crippen MR) is 256 cm³/mol. The van der Waals surface area contributed by atoms with Crippen LogP contribution in [-0.2, 0) is 0 Å². The highest BCUT2D eigenvalue weighted by atomic mass is 15.0. The third-order valence-corrected chi connectivity index (χ3v) is 11.6. The fourth-order valence-corrected chi connectivity index (χ4v) is 8.33. The van der Waals surface area contributed by atoms with Crippen molar-refractivity contribution >= 4 is 21.7 Å². The van der Waals surface area contributed by atoms with Gasteiger partial charge >= 0.3 is 0 Å². The van der Waals surface area contributed by atoms with Gasteiger partial charge in [0.05, 0.1) is 5.52 Å². The summed E-state index contributed by atoms with van der Waals surface area (Å²) in [6, 6.07) is 78.8. The molecule has 0 unspecified atom stereocenters. The molecule has 4 heteroatoms. The second kappa shape index (κ2) is 16.0. The fourth-order valence-electron chi connectivity index (χ4n) is 8.33. The van der Waals surface area contributed by atoms with E-state index in [1.54, 1.807) is 0 Å². The average Bonchev–Trinajstić information content (AvgIpc) is 3.37. The van der Waals surface area contributed by atoms with Crippen molar-refractivity contribution in [2.45, 2.75) is 0 Å². The summed E-state index contributed by atoms with van der Waals surface area (Å²) in [7, 11) is 0. The molecule has 9 aromatic carbocycles. The molecule has 0 aliphatic rings. The number of pyridine rings is 1. The van der Waals surface area contributed by atoms with E-state index in [9.17, 15) is 0 Å². The van der Waals surface area contributed by atoms with Crippen molar-refractivity contribution in [1.82, 2.24) is 19.9 Å². The lowest BCUT2D eigenvalue weighted by molar-refractivity contribution is 1.07. The lowest BCUT2D eigenvalue weighted by Crippen LogP contribution is -2.00. The molecule has 0 aliphatic carbocycles. The van der Waals surface area contributed by atoms with E-state index in [4.69, 9.17) is 19.9 Å². The number of hydrogen-bond donors (Lipinski definition) is 0. The van der Waals surface area contributed by atoms with Gasteiger partial charge in [0.2, 0.25) is 0 Å². The Morgan fingerprint density at radius 1 is 0.242 bits per heavy atom. The fraction of sp³-hybridized carbons (Fsp3) is 0. The second-order valence-electron chi connectivity index (χ2n) is 15.5. The van der Waals surface area contributed by atoms with E-state index in [2.05, 4.69) is 206 Å². The molecule has 0 N–H and O–H groups in total. The minimum Gasteiger partial charge on any atom is -0.256 e. The summed E-state index contributed by atoms with van der Waals surface area (Å²) in [5.41, 5.74) is 15.4. The lowest BCUT2D eigenvalue weighted by Gasteiger charge is -2.11. The molecular weight excluding hydrogens is 753 g/mol. The topological polar surface area (TPSA) is 51.6 Å². The van der Waals surface area contributed by atoms with Crippen molar-refractivity contribution in [1.29, 1.82) is 0 Å². The number of rotatable bonds is 8. The van der Waals surface area contributed by atoms with Crippen molar-refractivity contribution in [2.24, 2.45) is 0 Å². The van der Waals surface area contributed by atoms with Gasteiger partial charge in [0.15, 0.2) is 17.5 Å². The van der Waals surface area contributed by atoms with Gasteiger partial charge in [0.25, 0.3) is 0 Å². The van der Waals surface area contributed by atoms with Gasteiger partial charge in [-0.05, 0) is 73.2 Å². The van der Waals surface area contributed by atoms with Crippen molar-refractivity contribution in [3.8, 4) is 89.8 Å². The van der Waals surface area contributed by atoms with Crippen molar-refractivity contribution < 1.29 is 0 Å². The molecule has 0 bridgehead atoms. The van der Waals surface area contributed by atoms with Crippen LogP contribution >= 0.6 is 0 Å². The summed E-state index contributed by atoms with van der Waals surface area (Å²) in [6.07, 6.45) is 1.87. The maximum Gasteiger partial charge on any atom is 0.164 e. The van der Waals surface area contributed by atoms with Crippen LogP contribution in [0.2, 0.25) is 0 Å². The zero-order valence-electron chi connectivity index (χ0n) is 33.7. The maximum absolute atomic E-state index is 5.05. The van der Waals surface area contributed by atoms with Crippen LogP contribution in [0.3, 0.4) is 0 Å². The first kappa shape index (κ1) is 36.7. The Labute approximate surface area is 360 Å². The van der Waals surface area contributed by atoms with Crippen molar-refractivity contribution in [3.63, 3.8) is 0 Å². The molecule has 290 valence electrons. The molecule has 0 saturated heterocycles. The highest BCUT2D eigenvalue weighted by Crippen LogP contribution is 2.36. The predicted octanol–water partition coefficient (Wildman–Crippen LogP) is 14.9. The second-order valence-corrected chi connectivity index (χ2v) is 15.5. The van der Waals surface area contributed by atoms with Crippen LogP contribution < -0.4 is 0 Å². The van der Waals surface area contributed by atoms with Gasteiger partial charge in [0.1, 0.15) is 0 Å². The minimum absolute atomic E-state index is 0.627. The highest BCUT2D eigenvalue weighted by Gasteiger charge is 2.14. The Bertz CT molecular complexity index is 3240. The Hall–Kier alpha value is -8.34. The number of fused-ring (bicyclic) bond motifs is 3. The number of aromatic nitrogens is 4. The normalized spacial score (nSPS) is 11.2. The first-order chi connectivity index (χ1) is 30.7. The standard InChI is InChI=1S/C58H38N4/c1-3-10-39(11-4-1)41-23-29-47(30-24-41)56-60-57(48-31-25-42(26-32-48)40-12-5-2-6-13-40)62-58(61-56)49-33-27-44(28-34-49)43-19-21-45(22-20-43)50-14-7-15-51(38-50)52-17-8-18-54-53(52)36-35-46-16-9-37-59-55(46)54/h1-38H. The van der Waals surface area contributed by atoms with Crippen molar-refractivity contribution in [3.05, 3.63) is 231 Å². The van der Waals surface area contributed by atoms with Crippen LogP contribution in [0.15, 0.2) is 231 Å². The van der Waals surface area contributed by atoms with Gasteiger partial charge in [-0.15, -0.1) is 0 Å². The van der Waals surface area contributed by atoms with E-state index in [0.29, 0.717) is 17.5 Å². The summed E-state index contributed by atoms with van der Waals surface area (Å²) in [5.74, 6) is 1.89. The molecule has 11 rings (SSSR count). The van der Waals surface area contributed by atoms with Crippen LogP contribution in [0, 0.1) is 0 Å². The smallest absolute Gasteiger partial charge is 0.164 e. The van der Waals surface area contributed by atoms with E-state index in [0.717, 1.165) is 49.8 Å². The molecule has 0 saturated carbocycles. The van der Waals surface area contributed by atoms with E-state index >= 15 is 0 Å². The molecule has 0 aliphatic heterocycles. The molecule has 4 nitrogen and oxygen atoms in total. The number of benzene rings is 9. The van der Waals surface area contributed by atoms with Crippen LogP contribution in [0.4, 0.5) is 0 Å². The molecule has 62 heavy (non-hydrogen) atoms. The molecule has 0 amide bonds. The minimum atomic E-state index is 0.627. The van der Waals surface area contributed by atoms with E-state index in [1.165, 1.54) is 44.2 Å². The van der Waals surface area contributed by atoms with E-state index < -0.39 is 0 Å². The summed E-state index contributed by atoms with van der Waals surface area (Å²) in [5, 5.41) is 3.52. The average molecular weight is 791 g/mol. The number of nitrogens with zero attached hydrogens (tertiary/aromatic N) is 4. The van der Waals surface area contributed by atoms with Gasteiger partial charge in [-0.3, -0.25) is 4.98 Å². The summed E-state index contributed by atoms with van der Waals surface area (Å²) < 4.78 is 0. The molecule has 0 spiro atoms. The summed E-state index contributed by atoms with van der Waals surface area (Å²) >= 11 is 0. The Morgan fingerprint density at radius 3 is 1.15 bits per heavy atom. The van der Waals surface area contributed by atoms with Gasteiger partial charge in [-0.25, -0.2) is 15.0 Å². The van der Waals surface area contributed by atoms with Crippen molar-refractivity contribution in [2.75, 3.05) is 0 Å². The van der Waals surface area contributed by atoms with Crippen LogP contribution in [0.1, 0.15) is 0 Å². The van der Waals surface area contributed by atoms with Crippen LogP contribution in [0.5, 0.6) is 0 Å². The van der Waals surface area contributed by atoms with Crippen LogP contribution in [0.25, 0.3) is 111 Å². The van der Waals surface area contributed by atoms with E-state index in [1.807, 2.05) is 24.4 Å². The molecule has 0 fully saturated rings. The van der Waals surface area contributed by atoms with Gasteiger partial charge < -0.3 is 0 Å². The highest BCUT2D eigenvalue weighted by molar-refractivity contribution is 6.10. The lowest BCUT2D eigenvalue weighted by atomic mass is 9.93. The maximum atomic E-state index is 5.05. The monoisotopic (exact) mass is 790 g/mol. The SMILES string of the molecule is c1ccc(-c2ccc(-c3nc(-c4ccc(-c5ccccc5)cc4)nc(-c4ccc(-c5ccc(-c6cccc(-c7cccc8c7ccc7cccnc78)c6)cc5)cc4)n3)cc2)cc1. The zero-order chi connectivity index (χ0) is 41.2.